The van der Waals surface area contributed by atoms with E-state index in [0.717, 1.165) is 37.0 Å². The molecule has 2 aromatic rings. The predicted molar refractivity (Wildman–Crippen MR) is 82.1 cm³/mol. The van der Waals surface area contributed by atoms with E-state index >= 15 is 0 Å². The van der Waals surface area contributed by atoms with Crippen molar-refractivity contribution in [3.63, 3.8) is 0 Å². The maximum absolute atomic E-state index is 13.5. The standard InChI is InChI=1S/C15H20FN3S/c1-2-7-18-8-5-12(6-9-18)19-14-10-11(16)3-4-13(14)17-15(19)20/h3-4,10,12H,2,5-9H2,1H3,(H,17,20). The maximum atomic E-state index is 13.5. The molecule has 2 heterocycles. The van der Waals surface area contributed by atoms with Gasteiger partial charge < -0.3 is 14.5 Å². The van der Waals surface area contributed by atoms with E-state index in [1.807, 2.05) is 0 Å². The zero-order valence-electron chi connectivity index (χ0n) is 11.7. The number of halogens is 1. The molecule has 0 radical (unpaired) electrons. The van der Waals surface area contributed by atoms with Crippen molar-refractivity contribution in [2.75, 3.05) is 19.6 Å². The molecule has 1 N–H and O–H groups in total. The molecule has 1 aromatic carbocycles. The second-order valence-electron chi connectivity index (χ2n) is 5.53. The van der Waals surface area contributed by atoms with Crippen LogP contribution in [0.15, 0.2) is 18.2 Å². The molecule has 0 spiro atoms. The van der Waals surface area contributed by atoms with Crippen LogP contribution in [0.4, 0.5) is 4.39 Å². The van der Waals surface area contributed by atoms with Crippen molar-refractivity contribution < 1.29 is 4.39 Å². The van der Waals surface area contributed by atoms with Crippen molar-refractivity contribution in [2.24, 2.45) is 0 Å². The highest BCUT2D eigenvalue weighted by atomic mass is 32.1. The van der Waals surface area contributed by atoms with Gasteiger partial charge in [-0.25, -0.2) is 4.39 Å². The Labute approximate surface area is 123 Å². The summed E-state index contributed by atoms with van der Waals surface area (Å²) in [6, 6.07) is 5.21. The number of fused-ring (bicyclic) bond motifs is 1. The molecule has 0 aliphatic carbocycles. The summed E-state index contributed by atoms with van der Waals surface area (Å²) >= 11 is 5.43. The third-order valence-electron chi connectivity index (χ3n) is 4.14. The number of nitrogens with zero attached hydrogens (tertiary/aromatic N) is 2. The molecule has 1 aliphatic rings. The molecule has 1 fully saturated rings. The number of imidazole rings is 1. The minimum absolute atomic E-state index is 0.205. The molecule has 5 heteroatoms. The first-order valence-electron chi connectivity index (χ1n) is 7.31. The molecule has 0 atom stereocenters. The van der Waals surface area contributed by atoms with Crippen molar-refractivity contribution in [3.8, 4) is 0 Å². The Hall–Kier alpha value is -1.20. The molecule has 3 rings (SSSR count). The predicted octanol–water partition coefficient (Wildman–Crippen LogP) is 3.88. The van der Waals surface area contributed by atoms with E-state index < -0.39 is 0 Å². The molecule has 1 aromatic heterocycles. The average molecular weight is 293 g/mol. The van der Waals surface area contributed by atoms with Gasteiger partial charge in [0.1, 0.15) is 5.82 Å². The van der Waals surface area contributed by atoms with Gasteiger partial charge in [-0.15, -0.1) is 0 Å². The van der Waals surface area contributed by atoms with Gasteiger partial charge in [0.05, 0.1) is 11.0 Å². The van der Waals surface area contributed by atoms with Gasteiger partial charge in [0.2, 0.25) is 0 Å². The highest BCUT2D eigenvalue weighted by molar-refractivity contribution is 7.71. The number of H-pyrrole nitrogens is 1. The fraction of sp³-hybridized carbons (Fsp3) is 0.533. The Morgan fingerprint density at radius 2 is 2.10 bits per heavy atom. The summed E-state index contributed by atoms with van der Waals surface area (Å²) in [5.74, 6) is -0.205. The number of piperidine rings is 1. The Bertz CT molecular complexity index is 653. The van der Waals surface area contributed by atoms with Crippen LogP contribution in [0.5, 0.6) is 0 Å². The summed E-state index contributed by atoms with van der Waals surface area (Å²) < 4.78 is 16.3. The Kier molecular flexibility index (Phi) is 3.89. The molecule has 1 aliphatic heterocycles. The average Bonchev–Trinajstić information content (AvgIpc) is 2.76. The smallest absolute Gasteiger partial charge is 0.178 e. The molecule has 0 bridgehead atoms. The van der Waals surface area contributed by atoms with Crippen LogP contribution < -0.4 is 0 Å². The molecule has 0 amide bonds. The molecule has 0 saturated carbocycles. The van der Waals surface area contributed by atoms with Crippen LogP contribution in [0.3, 0.4) is 0 Å². The molecule has 20 heavy (non-hydrogen) atoms. The minimum atomic E-state index is -0.205. The number of nitrogens with one attached hydrogen (secondary N) is 1. The van der Waals surface area contributed by atoms with Crippen molar-refractivity contribution in [1.82, 2.24) is 14.5 Å². The van der Waals surface area contributed by atoms with Gasteiger partial charge >= 0.3 is 0 Å². The second kappa shape index (κ2) is 5.66. The van der Waals surface area contributed by atoms with Crippen LogP contribution in [0, 0.1) is 10.6 Å². The number of likely N-dealkylation sites (tertiary alicyclic amines) is 1. The van der Waals surface area contributed by atoms with Crippen LogP contribution in [0.1, 0.15) is 32.2 Å². The summed E-state index contributed by atoms with van der Waals surface area (Å²) in [7, 11) is 0. The van der Waals surface area contributed by atoms with Gasteiger partial charge in [-0.05, 0) is 56.2 Å². The summed E-state index contributed by atoms with van der Waals surface area (Å²) in [5, 5.41) is 0. The first-order valence-corrected chi connectivity index (χ1v) is 7.72. The van der Waals surface area contributed by atoms with Crippen LogP contribution >= 0.6 is 12.2 Å². The topological polar surface area (TPSA) is 24.0 Å². The fourth-order valence-corrected chi connectivity index (χ4v) is 3.53. The summed E-state index contributed by atoms with van der Waals surface area (Å²) in [4.78, 5) is 5.68. The van der Waals surface area contributed by atoms with Crippen molar-refractivity contribution in [2.45, 2.75) is 32.2 Å². The van der Waals surface area contributed by atoms with Crippen LogP contribution in [0.25, 0.3) is 11.0 Å². The zero-order valence-corrected chi connectivity index (χ0v) is 12.5. The second-order valence-corrected chi connectivity index (χ2v) is 5.92. The van der Waals surface area contributed by atoms with Gasteiger partial charge in [0, 0.05) is 19.1 Å². The fourth-order valence-electron chi connectivity index (χ4n) is 3.17. The highest BCUT2D eigenvalue weighted by Gasteiger charge is 2.22. The van der Waals surface area contributed by atoms with Crippen LogP contribution in [0.2, 0.25) is 0 Å². The Morgan fingerprint density at radius 1 is 1.35 bits per heavy atom. The van der Waals surface area contributed by atoms with Gasteiger partial charge in [0.25, 0.3) is 0 Å². The van der Waals surface area contributed by atoms with E-state index in [4.69, 9.17) is 12.2 Å². The van der Waals surface area contributed by atoms with Crippen LogP contribution in [-0.4, -0.2) is 34.1 Å². The number of benzene rings is 1. The Morgan fingerprint density at radius 3 is 2.80 bits per heavy atom. The van der Waals surface area contributed by atoms with E-state index in [-0.39, 0.29) is 5.82 Å². The number of aromatic nitrogens is 2. The van der Waals surface area contributed by atoms with Crippen molar-refractivity contribution in [3.05, 3.63) is 28.8 Å². The van der Waals surface area contributed by atoms with E-state index in [1.165, 1.54) is 19.0 Å². The first-order chi connectivity index (χ1) is 9.69. The quantitative estimate of drug-likeness (QED) is 0.868. The van der Waals surface area contributed by atoms with Crippen LogP contribution in [-0.2, 0) is 0 Å². The van der Waals surface area contributed by atoms with E-state index in [0.29, 0.717) is 10.8 Å². The summed E-state index contributed by atoms with van der Waals surface area (Å²) in [5.41, 5.74) is 1.82. The van der Waals surface area contributed by atoms with Gasteiger partial charge in [0.15, 0.2) is 4.77 Å². The third kappa shape index (κ3) is 2.52. The molecular formula is C15H20FN3S. The largest absolute Gasteiger partial charge is 0.331 e. The zero-order chi connectivity index (χ0) is 14.1. The third-order valence-corrected chi connectivity index (χ3v) is 4.44. The highest BCUT2D eigenvalue weighted by Crippen LogP contribution is 2.27. The van der Waals surface area contributed by atoms with Gasteiger partial charge in [-0.1, -0.05) is 6.92 Å². The minimum Gasteiger partial charge on any atom is -0.331 e. The van der Waals surface area contributed by atoms with Gasteiger partial charge in [-0.3, -0.25) is 0 Å². The molecule has 0 unspecified atom stereocenters. The van der Waals surface area contributed by atoms with Gasteiger partial charge in [-0.2, -0.15) is 0 Å². The number of hydrogen-bond donors (Lipinski definition) is 1. The van der Waals surface area contributed by atoms with E-state index in [2.05, 4.69) is 21.4 Å². The summed E-state index contributed by atoms with van der Waals surface area (Å²) in [6.45, 7) is 5.58. The lowest BCUT2D eigenvalue weighted by Crippen LogP contribution is -2.35. The van der Waals surface area contributed by atoms with Crippen molar-refractivity contribution in [1.29, 1.82) is 0 Å². The Balaban J connectivity index is 1.89. The first kappa shape index (κ1) is 13.8. The lowest BCUT2D eigenvalue weighted by Gasteiger charge is -2.32. The lowest BCUT2D eigenvalue weighted by molar-refractivity contribution is 0.188. The molecule has 108 valence electrons. The maximum Gasteiger partial charge on any atom is 0.178 e. The SMILES string of the molecule is CCCN1CCC(n2c(=S)[nH]c3ccc(F)cc32)CC1. The summed E-state index contributed by atoms with van der Waals surface area (Å²) in [6.07, 6.45) is 3.36. The lowest BCUT2D eigenvalue weighted by atomic mass is 10.0. The normalized spacial score (nSPS) is 17.9. The number of rotatable bonds is 3. The van der Waals surface area contributed by atoms with E-state index in [9.17, 15) is 4.39 Å². The number of aromatic amines is 1. The molecular weight excluding hydrogens is 273 g/mol. The molecule has 1 saturated heterocycles. The number of hydrogen-bond acceptors (Lipinski definition) is 2. The van der Waals surface area contributed by atoms with Crippen molar-refractivity contribution >= 4 is 23.3 Å². The monoisotopic (exact) mass is 293 g/mol. The van der Waals surface area contributed by atoms with E-state index in [1.54, 1.807) is 12.1 Å². The molecule has 3 nitrogen and oxygen atoms in total.